The lowest BCUT2D eigenvalue weighted by atomic mass is 10.0. The SMILES string of the molecule is CN(C)C1CCCN(C(=O)[C@@H]2CC[C@H](C(=O)O)O2)C1. The van der Waals surface area contributed by atoms with E-state index in [4.69, 9.17) is 9.84 Å². The minimum Gasteiger partial charge on any atom is -0.479 e. The van der Waals surface area contributed by atoms with Gasteiger partial charge in [0.1, 0.15) is 6.10 Å². The fourth-order valence-corrected chi connectivity index (χ4v) is 2.78. The second kappa shape index (κ2) is 5.88. The molecule has 2 aliphatic rings. The van der Waals surface area contributed by atoms with E-state index < -0.39 is 18.2 Å². The van der Waals surface area contributed by atoms with E-state index in [0.717, 1.165) is 19.4 Å². The smallest absolute Gasteiger partial charge is 0.332 e. The third-order valence-corrected chi connectivity index (χ3v) is 4.01. The minimum absolute atomic E-state index is 0.0460. The first-order valence-electron chi connectivity index (χ1n) is 6.82. The van der Waals surface area contributed by atoms with E-state index in [1.54, 1.807) is 0 Å². The molecule has 3 atom stereocenters. The molecule has 0 aliphatic carbocycles. The number of amides is 1. The van der Waals surface area contributed by atoms with Crippen molar-refractivity contribution in [3.8, 4) is 0 Å². The molecular weight excluding hydrogens is 248 g/mol. The maximum absolute atomic E-state index is 12.3. The van der Waals surface area contributed by atoms with Gasteiger partial charge in [-0.05, 0) is 39.8 Å². The van der Waals surface area contributed by atoms with E-state index in [1.165, 1.54) is 0 Å². The molecule has 6 heteroatoms. The second-order valence-electron chi connectivity index (χ2n) is 5.57. The fraction of sp³-hybridized carbons (Fsp3) is 0.846. The van der Waals surface area contributed by atoms with E-state index in [1.807, 2.05) is 19.0 Å². The molecule has 0 aromatic carbocycles. The molecular formula is C13H22N2O4. The van der Waals surface area contributed by atoms with Crippen LogP contribution in [0.25, 0.3) is 0 Å². The molecule has 1 amide bonds. The second-order valence-corrected chi connectivity index (χ2v) is 5.57. The normalized spacial score (nSPS) is 31.7. The molecule has 2 saturated heterocycles. The number of aliphatic carboxylic acids is 1. The third kappa shape index (κ3) is 3.25. The van der Waals surface area contributed by atoms with Crippen LogP contribution in [0, 0.1) is 0 Å². The monoisotopic (exact) mass is 270 g/mol. The van der Waals surface area contributed by atoms with E-state index in [0.29, 0.717) is 25.4 Å². The van der Waals surface area contributed by atoms with Crippen LogP contribution < -0.4 is 0 Å². The summed E-state index contributed by atoms with van der Waals surface area (Å²) in [5.74, 6) is -1.02. The summed E-state index contributed by atoms with van der Waals surface area (Å²) in [6, 6.07) is 0.384. The molecule has 0 spiro atoms. The van der Waals surface area contributed by atoms with Crippen molar-refractivity contribution in [2.75, 3.05) is 27.2 Å². The zero-order chi connectivity index (χ0) is 14.0. The Morgan fingerprint density at radius 2 is 1.89 bits per heavy atom. The largest absolute Gasteiger partial charge is 0.479 e. The van der Waals surface area contributed by atoms with Crippen LogP contribution in [0.3, 0.4) is 0 Å². The lowest BCUT2D eigenvalue weighted by Crippen LogP contribution is -2.50. The number of rotatable bonds is 3. The summed E-state index contributed by atoms with van der Waals surface area (Å²) >= 11 is 0. The Morgan fingerprint density at radius 1 is 1.21 bits per heavy atom. The van der Waals surface area contributed by atoms with Crippen molar-refractivity contribution in [1.82, 2.24) is 9.80 Å². The zero-order valence-electron chi connectivity index (χ0n) is 11.5. The first kappa shape index (κ1) is 14.3. The maximum Gasteiger partial charge on any atom is 0.332 e. The van der Waals surface area contributed by atoms with E-state index >= 15 is 0 Å². The number of hydrogen-bond donors (Lipinski definition) is 1. The van der Waals surface area contributed by atoms with Crippen LogP contribution >= 0.6 is 0 Å². The number of carbonyl (C=O) groups is 2. The van der Waals surface area contributed by atoms with Crippen LogP contribution in [0.4, 0.5) is 0 Å². The Morgan fingerprint density at radius 3 is 2.47 bits per heavy atom. The minimum atomic E-state index is -0.972. The van der Waals surface area contributed by atoms with Crippen molar-refractivity contribution in [3.63, 3.8) is 0 Å². The predicted molar refractivity (Wildman–Crippen MR) is 68.8 cm³/mol. The van der Waals surface area contributed by atoms with Crippen molar-refractivity contribution in [1.29, 1.82) is 0 Å². The lowest BCUT2D eigenvalue weighted by molar-refractivity contribution is -0.155. The summed E-state index contributed by atoms with van der Waals surface area (Å²) in [4.78, 5) is 27.1. The van der Waals surface area contributed by atoms with Crippen LogP contribution in [0.15, 0.2) is 0 Å². The van der Waals surface area contributed by atoms with Gasteiger partial charge in [-0.3, -0.25) is 4.79 Å². The standard InChI is InChI=1S/C13H22N2O4/c1-14(2)9-4-3-7-15(8-9)12(16)10-5-6-11(19-10)13(17)18/h9-11H,3-8H2,1-2H3,(H,17,18)/t9?,10-,11+/m0/s1. The van der Waals surface area contributed by atoms with Gasteiger partial charge in [0, 0.05) is 19.1 Å². The summed E-state index contributed by atoms with van der Waals surface area (Å²) in [5.41, 5.74) is 0. The van der Waals surface area contributed by atoms with Crippen molar-refractivity contribution >= 4 is 11.9 Å². The Kier molecular flexibility index (Phi) is 4.42. The molecule has 6 nitrogen and oxygen atoms in total. The molecule has 0 saturated carbocycles. The molecule has 0 aromatic rings. The topological polar surface area (TPSA) is 70.1 Å². The average molecular weight is 270 g/mol. The van der Waals surface area contributed by atoms with Crippen LogP contribution in [-0.4, -0.2) is 72.2 Å². The van der Waals surface area contributed by atoms with Crippen molar-refractivity contribution in [2.45, 2.75) is 43.9 Å². The van der Waals surface area contributed by atoms with Gasteiger partial charge in [0.05, 0.1) is 0 Å². The number of hydrogen-bond acceptors (Lipinski definition) is 4. The molecule has 0 radical (unpaired) electrons. The van der Waals surface area contributed by atoms with E-state index in [-0.39, 0.29) is 5.91 Å². The van der Waals surface area contributed by atoms with Crippen molar-refractivity contribution in [3.05, 3.63) is 0 Å². The van der Waals surface area contributed by atoms with Gasteiger partial charge >= 0.3 is 5.97 Å². The molecule has 2 rings (SSSR count). The maximum atomic E-state index is 12.3. The van der Waals surface area contributed by atoms with Crippen LogP contribution in [-0.2, 0) is 14.3 Å². The van der Waals surface area contributed by atoms with Gasteiger partial charge in [-0.15, -0.1) is 0 Å². The molecule has 1 unspecified atom stereocenters. The molecule has 2 fully saturated rings. The number of carboxylic acids is 1. The van der Waals surface area contributed by atoms with Gasteiger partial charge in [-0.1, -0.05) is 0 Å². The van der Waals surface area contributed by atoms with Crippen LogP contribution in [0.5, 0.6) is 0 Å². The molecule has 1 N–H and O–H groups in total. The van der Waals surface area contributed by atoms with Gasteiger partial charge in [0.25, 0.3) is 5.91 Å². The highest BCUT2D eigenvalue weighted by Gasteiger charge is 2.38. The number of carboxylic acid groups (broad SMARTS) is 1. The van der Waals surface area contributed by atoms with Crippen LogP contribution in [0.2, 0.25) is 0 Å². The highest BCUT2D eigenvalue weighted by atomic mass is 16.5. The van der Waals surface area contributed by atoms with Gasteiger partial charge < -0.3 is 19.6 Å². The highest BCUT2D eigenvalue weighted by Crippen LogP contribution is 2.23. The Hall–Kier alpha value is -1.14. The summed E-state index contributed by atoms with van der Waals surface area (Å²) in [6.45, 7) is 1.46. The average Bonchev–Trinajstić information content (AvgIpc) is 2.87. The van der Waals surface area contributed by atoms with Gasteiger partial charge in [-0.2, -0.15) is 0 Å². The first-order valence-corrected chi connectivity index (χ1v) is 6.82. The summed E-state index contributed by atoms with van der Waals surface area (Å²) in [7, 11) is 4.04. The molecule has 2 aliphatic heterocycles. The molecule has 0 aromatic heterocycles. The number of ether oxygens (including phenoxy) is 1. The Bertz CT molecular complexity index is 359. The van der Waals surface area contributed by atoms with E-state index in [2.05, 4.69) is 4.90 Å². The van der Waals surface area contributed by atoms with E-state index in [9.17, 15) is 9.59 Å². The Labute approximate surface area is 113 Å². The number of likely N-dealkylation sites (N-methyl/N-ethyl adjacent to an activating group) is 1. The number of likely N-dealkylation sites (tertiary alicyclic amines) is 1. The molecule has 0 bridgehead atoms. The molecule has 19 heavy (non-hydrogen) atoms. The van der Waals surface area contributed by atoms with Crippen molar-refractivity contribution < 1.29 is 19.4 Å². The summed E-state index contributed by atoms with van der Waals surface area (Å²) in [5, 5.41) is 8.88. The fourth-order valence-electron chi connectivity index (χ4n) is 2.78. The van der Waals surface area contributed by atoms with Crippen LogP contribution in [0.1, 0.15) is 25.7 Å². The number of nitrogens with zero attached hydrogens (tertiary/aromatic N) is 2. The van der Waals surface area contributed by atoms with Gasteiger partial charge in [0.2, 0.25) is 0 Å². The number of piperidine rings is 1. The summed E-state index contributed by atoms with van der Waals surface area (Å²) < 4.78 is 5.33. The first-order chi connectivity index (χ1) is 8.99. The Balaban J connectivity index is 1.91. The lowest BCUT2D eigenvalue weighted by Gasteiger charge is -2.37. The quantitative estimate of drug-likeness (QED) is 0.791. The summed E-state index contributed by atoms with van der Waals surface area (Å²) in [6.07, 6.45) is 1.64. The molecule has 108 valence electrons. The molecule has 2 heterocycles. The third-order valence-electron chi connectivity index (χ3n) is 4.01. The zero-order valence-corrected chi connectivity index (χ0v) is 11.5. The number of carbonyl (C=O) groups excluding carboxylic acids is 1. The van der Waals surface area contributed by atoms with Crippen molar-refractivity contribution in [2.24, 2.45) is 0 Å². The van der Waals surface area contributed by atoms with Gasteiger partial charge in [-0.25, -0.2) is 4.79 Å². The van der Waals surface area contributed by atoms with Gasteiger partial charge in [0.15, 0.2) is 6.10 Å². The highest BCUT2D eigenvalue weighted by molar-refractivity contribution is 5.82. The predicted octanol–water partition coefficient (Wildman–Crippen LogP) is 0.171.